The van der Waals surface area contributed by atoms with Gasteiger partial charge in [-0.05, 0) is 38.5 Å². The maximum Gasteiger partial charge on any atom is 0.306 e. The molecule has 0 spiro atoms. The van der Waals surface area contributed by atoms with Gasteiger partial charge in [-0.2, -0.15) is 0 Å². The van der Waals surface area contributed by atoms with E-state index in [2.05, 4.69) is 51.2 Å². The average molecular weight is 911 g/mol. The molecule has 0 aliphatic rings. The Morgan fingerprint density at radius 3 is 0.938 bits per heavy atom. The monoisotopic (exact) mass is 911 g/mol. The molecule has 6 nitrogen and oxygen atoms in total. The first-order valence-electron chi connectivity index (χ1n) is 28.2. The van der Waals surface area contributed by atoms with E-state index in [1.165, 1.54) is 167 Å². The van der Waals surface area contributed by atoms with E-state index in [1.807, 2.05) is 18.2 Å². The van der Waals surface area contributed by atoms with Crippen LogP contribution in [0.2, 0.25) is 0 Å². The summed E-state index contributed by atoms with van der Waals surface area (Å²) in [6, 6.07) is 0. The fourth-order valence-corrected chi connectivity index (χ4v) is 8.22. The highest BCUT2D eigenvalue weighted by atomic mass is 16.6. The van der Waals surface area contributed by atoms with Gasteiger partial charge in [0.05, 0.1) is 0 Å². The van der Waals surface area contributed by atoms with Crippen molar-refractivity contribution >= 4 is 17.9 Å². The summed E-state index contributed by atoms with van der Waals surface area (Å²) < 4.78 is 16.8. The predicted molar refractivity (Wildman–Crippen MR) is 279 cm³/mol. The van der Waals surface area contributed by atoms with Crippen LogP contribution in [0.4, 0.5) is 0 Å². The molecule has 0 amide bonds. The highest BCUT2D eigenvalue weighted by Crippen LogP contribution is 2.17. The molecule has 6 heteroatoms. The third-order valence-corrected chi connectivity index (χ3v) is 12.4. The molecule has 0 aromatic rings. The first-order valence-corrected chi connectivity index (χ1v) is 28.2. The van der Waals surface area contributed by atoms with Crippen molar-refractivity contribution in [3.8, 4) is 0 Å². The van der Waals surface area contributed by atoms with Crippen LogP contribution in [-0.2, 0) is 28.6 Å². The van der Waals surface area contributed by atoms with Crippen LogP contribution in [0, 0.1) is 0 Å². The van der Waals surface area contributed by atoms with Gasteiger partial charge in [-0.3, -0.25) is 14.4 Å². The van der Waals surface area contributed by atoms with Gasteiger partial charge in [0.1, 0.15) is 13.2 Å². The molecule has 0 rings (SSSR count). The number of carbonyl (C=O) groups is 3. The Bertz CT molecular complexity index is 1140. The lowest BCUT2D eigenvalue weighted by Crippen LogP contribution is -2.30. The van der Waals surface area contributed by atoms with E-state index in [1.54, 1.807) is 0 Å². The van der Waals surface area contributed by atoms with Gasteiger partial charge >= 0.3 is 17.9 Å². The van der Waals surface area contributed by atoms with Crippen molar-refractivity contribution in [2.75, 3.05) is 13.2 Å². The minimum Gasteiger partial charge on any atom is -0.462 e. The number of rotatable bonds is 51. The third kappa shape index (κ3) is 52.2. The smallest absolute Gasteiger partial charge is 0.306 e. The Labute approximate surface area is 403 Å². The second kappa shape index (κ2) is 54.0. The molecule has 1 atom stereocenters. The van der Waals surface area contributed by atoms with Crippen molar-refractivity contribution in [1.29, 1.82) is 0 Å². The number of hydrogen-bond donors (Lipinski definition) is 0. The molecular formula is C59H106O6. The van der Waals surface area contributed by atoms with Gasteiger partial charge < -0.3 is 14.2 Å². The predicted octanol–water partition coefficient (Wildman–Crippen LogP) is 18.7. The quantitative estimate of drug-likeness (QED) is 0.0262. The summed E-state index contributed by atoms with van der Waals surface area (Å²) in [4.78, 5) is 38.1. The molecule has 378 valence electrons. The molecule has 0 saturated carbocycles. The van der Waals surface area contributed by atoms with E-state index in [-0.39, 0.29) is 31.1 Å². The molecular weight excluding hydrogens is 805 g/mol. The molecule has 65 heavy (non-hydrogen) atoms. The number of hydrogen-bond acceptors (Lipinski definition) is 6. The van der Waals surface area contributed by atoms with Crippen LogP contribution in [0.5, 0.6) is 0 Å². The molecule has 0 aliphatic heterocycles. The lowest BCUT2D eigenvalue weighted by molar-refractivity contribution is -0.167. The van der Waals surface area contributed by atoms with Gasteiger partial charge in [-0.1, -0.05) is 281 Å². The van der Waals surface area contributed by atoms with Crippen LogP contribution in [0.3, 0.4) is 0 Å². The molecule has 0 heterocycles. The second-order valence-electron chi connectivity index (χ2n) is 18.9. The molecule has 0 aliphatic carbocycles. The summed E-state index contributed by atoms with van der Waals surface area (Å²) in [7, 11) is 0. The van der Waals surface area contributed by atoms with Crippen LogP contribution < -0.4 is 0 Å². The van der Waals surface area contributed by atoms with Gasteiger partial charge in [0.15, 0.2) is 6.10 Å². The number of allylic oxidation sites excluding steroid dienone is 8. The number of unbranched alkanes of at least 4 members (excludes halogenated alkanes) is 35. The molecule has 0 N–H and O–H groups in total. The van der Waals surface area contributed by atoms with Crippen LogP contribution >= 0.6 is 0 Å². The topological polar surface area (TPSA) is 78.9 Å². The van der Waals surface area contributed by atoms with E-state index in [0.29, 0.717) is 19.3 Å². The minimum absolute atomic E-state index is 0.0788. The number of ether oxygens (including phenoxy) is 3. The van der Waals surface area contributed by atoms with Crippen molar-refractivity contribution in [1.82, 2.24) is 0 Å². The zero-order chi connectivity index (χ0) is 47.2. The van der Waals surface area contributed by atoms with E-state index in [0.717, 1.165) is 83.5 Å². The maximum atomic E-state index is 12.8. The Morgan fingerprint density at radius 2 is 0.600 bits per heavy atom. The fraction of sp³-hybridized carbons (Fsp3) is 0.814. The fourth-order valence-electron chi connectivity index (χ4n) is 8.22. The molecule has 1 unspecified atom stereocenters. The lowest BCUT2D eigenvalue weighted by Gasteiger charge is -2.18. The van der Waals surface area contributed by atoms with E-state index in [9.17, 15) is 14.4 Å². The minimum atomic E-state index is -0.781. The molecule has 0 bridgehead atoms. The van der Waals surface area contributed by atoms with Crippen molar-refractivity contribution in [3.05, 3.63) is 48.6 Å². The van der Waals surface area contributed by atoms with E-state index < -0.39 is 6.10 Å². The summed E-state index contributed by atoms with van der Waals surface area (Å²) in [6.45, 7) is 6.52. The summed E-state index contributed by atoms with van der Waals surface area (Å²) in [5.74, 6) is -0.887. The van der Waals surface area contributed by atoms with Gasteiger partial charge in [0.2, 0.25) is 0 Å². The normalized spacial score (nSPS) is 12.4. The standard InChI is InChI=1S/C59H106O6/c1-4-7-10-13-16-19-22-25-27-28-29-30-32-34-37-40-43-46-49-52-58(61)64-55-56(54-63-57(60)51-48-45-42-39-36-33-24-21-18-15-12-9-6-3)65-59(62)53-50-47-44-41-38-35-31-26-23-20-17-14-11-8-5-2/h8,11,14,17,20,23,26,31,56H,4-7,9-10,12-13,15-16,18-19,21-22,24-25,27-30,32-55H2,1-3H3/b11-8-,17-14-,23-20-,31-26-. The molecule has 0 aromatic carbocycles. The van der Waals surface area contributed by atoms with Gasteiger partial charge in [0.25, 0.3) is 0 Å². The Balaban J connectivity index is 4.34. The Kier molecular flexibility index (Phi) is 51.8. The number of esters is 3. The van der Waals surface area contributed by atoms with Crippen LogP contribution in [0.25, 0.3) is 0 Å². The largest absolute Gasteiger partial charge is 0.462 e. The van der Waals surface area contributed by atoms with E-state index in [4.69, 9.17) is 14.2 Å². The third-order valence-electron chi connectivity index (χ3n) is 12.4. The molecule has 0 radical (unpaired) electrons. The summed E-state index contributed by atoms with van der Waals surface area (Å²) in [6.07, 6.45) is 65.3. The van der Waals surface area contributed by atoms with Crippen LogP contribution in [0.15, 0.2) is 48.6 Å². The highest BCUT2D eigenvalue weighted by molar-refractivity contribution is 5.71. The zero-order valence-electron chi connectivity index (χ0n) is 43.3. The molecule has 0 aromatic heterocycles. The highest BCUT2D eigenvalue weighted by Gasteiger charge is 2.19. The van der Waals surface area contributed by atoms with Gasteiger partial charge in [0, 0.05) is 19.3 Å². The second-order valence-corrected chi connectivity index (χ2v) is 18.9. The summed E-state index contributed by atoms with van der Waals surface area (Å²) in [5.41, 5.74) is 0. The van der Waals surface area contributed by atoms with Crippen LogP contribution in [0.1, 0.15) is 290 Å². The van der Waals surface area contributed by atoms with Crippen molar-refractivity contribution in [3.63, 3.8) is 0 Å². The molecule has 0 fully saturated rings. The van der Waals surface area contributed by atoms with E-state index >= 15 is 0 Å². The van der Waals surface area contributed by atoms with Crippen molar-refractivity contribution in [2.24, 2.45) is 0 Å². The van der Waals surface area contributed by atoms with Crippen molar-refractivity contribution in [2.45, 2.75) is 297 Å². The maximum absolute atomic E-state index is 12.8. The SMILES string of the molecule is CC\C=C/C=C\C=C/C=C\CCCCCCCC(=O)OC(COC(=O)CCCCCCCCCCCCCCC)COC(=O)CCCCCCCCCCCCCCCCCCCCC. The zero-order valence-corrected chi connectivity index (χ0v) is 43.3. The first kappa shape index (κ1) is 62.4. The van der Waals surface area contributed by atoms with Crippen molar-refractivity contribution < 1.29 is 28.6 Å². The average Bonchev–Trinajstić information content (AvgIpc) is 3.30. The Morgan fingerprint density at radius 1 is 0.323 bits per heavy atom. The summed E-state index contributed by atoms with van der Waals surface area (Å²) >= 11 is 0. The molecule has 0 saturated heterocycles. The lowest BCUT2D eigenvalue weighted by atomic mass is 10.0. The summed E-state index contributed by atoms with van der Waals surface area (Å²) in [5, 5.41) is 0. The number of carbonyl (C=O) groups excluding carboxylic acids is 3. The Hall–Kier alpha value is -2.63. The van der Waals surface area contributed by atoms with Gasteiger partial charge in [-0.25, -0.2) is 0 Å². The van der Waals surface area contributed by atoms with Crippen LogP contribution in [-0.4, -0.2) is 37.2 Å². The van der Waals surface area contributed by atoms with Gasteiger partial charge in [-0.15, -0.1) is 0 Å². The first-order chi connectivity index (χ1) is 32.0.